The zero-order valence-corrected chi connectivity index (χ0v) is 13.6. The first-order valence-corrected chi connectivity index (χ1v) is 8.77. The van der Waals surface area contributed by atoms with Crippen molar-refractivity contribution in [1.82, 2.24) is 4.90 Å². The molecule has 2 rings (SSSR count). The van der Waals surface area contributed by atoms with Gasteiger partial charge in [-0.2, -0.15) is 0 Å². The minimum absolute atomic E-state index is 0.214. The molecule has 1 aliphatic heterocycles. The molecule has 1 aromatic rings. The average Bonchev–Trinajstić information content (AvgIpc) is 2.96. The number of carbonyl (C=O) groups is 1. The number of sulfone groups is 1. The maximum atomic E-state index is 12.2. The van der Waals surface area contributed by atoms with Crippen LogP contribution in [-0.2, 0) is 9.84 Å². The number of ether oxygens (including phenoxy) is 2. The van der Waals surface area contributed by atoms with Crippen molar-refractivity contribution in [2.75, 3.05) is 38.9 Å². The van der Waals surface area contributed by atoms with Crippen LogP contribution in [0, 0.1) is 0 Å². The Balaban J connectivity index is 2.07. The van der Waals surface area contributed by atoms with Crippen molar-refractivity contribution in [3.63, 3.8) is 0 Å². The molecule has 1 heterocycles. The molecule has 2 amide bonds. The Morgan fingerprint density at radius 3 is 2.27 bits per heavy atom. The molecular formula is C14H20N2O5S. The quantitative estimate of drug-likeness (QED) is 0.902. The third kappa shape index (κ3) is 3.82. The number of anilines is 1. The molecule has 1 unspecified atom stereocenters. The normalized spacial score (nSPS) is 18.1. The molecule has 0 bridgehead atoms. The summed E-state index contributed by atoms with van der Waals surface area (Å²) in [6, 6.07) is 4.71. The van der Waals surface area contributed by atoms with Crippen LogP contribution in [0.2, 0.25) is 0 Å². The first-order valence-electron chi connectivity index (χ1n) is 6.81. The van der Waals surface area contributed by atoms with E-state index in [1.165, 1.54) is 25.4 Å². The first kappa shape index (κ1) is 16.4. The minimum atomic E-state index is -3.12. The van der Waals surface area contributed by atoms with Gasteiger partial charge in [-0.25, -0.2) is 13.2 Å². The van der Waals surface area contributed by atoms with Crippen LogP contribution >= 0.6 is 0 Å². The second kappa shape index (κ2) is 6.43. The summed E-state index contributed by atoms with van der Waals surface area (Å²) >= 11 is 0. The number of likely N-dealkylation sites (tertiary alicyclic amines) is 1. The van der Waals surface area contributed by atoms with E-state index in [0.29, 0.717) is 30.2 Å². The van der Waals surface area contributed by atoms with Crippen molar-refractivity contribution in [1.29, 1.82) is 0 Å². The predicted molar refractivity (Wildman–Crippen MR) is 83.4 cm³/mol. The molecule has 1 saturated heterocycles. The Hall–Kier alpha value is -1.96. The molecule has 1 fully saturated rings. The van der Waals surface area contributed by atoms with Gasteiger partial charge in [0.15, 0.2) is 9.84 Å². The second-order valence-electron chi connectivity index (χ2n) is 5.22. The lowest BCUT2D eigenvalue weighted by molar-refractivity contribution is 0.222. The van der Waals surface area contributed by atoms with Gasteiger partial charge < -0.3 is 19.7 Å². The zero-order chi connectivity index (χ0) is 16.3. The van der Waals surface area contributed by atoms with Crippen LogP contribution in [0.1, 0.15) is 6.42 Å². The summed E-state index contributed by atoms with van der Waals surface area (Å²) in [5.74, 6) is 1.12. The number of hydrogen-bond acceptors (Lipinski definition) is 5. The number of nitrogens with zero attached hydrogens (tertiary/aromatic N) is 1. The van der Waals surface area contributed by atoms with E-state index in [9.17, 15) is 13.2 Å². The van der Waals surface area contributed by atoms with E-state index in [2.05, 4.69) is 5.32 Å². The van der Waals surface area contributed by atoms with Crippen LogP contribution in [-0.4, -0.2) is 58.2 Å². The van der Waals surface area contributed by atoms with Gasteiger partial charge in [-0.05, 0) is 6.42 Å². The van der Waals surface area contributed by atoms with Crippen LogP contribution < -0.4 is 14.8 Å². The van der Waals surface area contributed by atoms with E-state index in [1.807, 2.05) is 0 Å². The van der Waals surface area contributed by atoms with Crippen LogP contribution in [0.5, 0.6) is 11.5 Å². The van der Waals surface area contributed by atoms with Gasteiger partial charge in [0, 0.05) is 43.2 Å². The summed E-state index contributed by atoms with van der Waals surface area (Å²) in [5, 5.41) is 2.25. The molecule has 1 atom stereocenters. The fourth-order valence-electron chi connectivity index (χ4n) is 2.34. The number of rotatable bonds is 4. The summed E-state index contributed by atoms with van der Waals surface area (Å²) in [6.07, 6.45) is 1.67. The summed E-state index contributed by atoms with van der Waals surface area (Å²) in [4.78, 5) is 13.7. The van der Waals surface area contributed by atoms with Gasteiger partial charge in [0.1, 0.15) is 11.5 Å². The van der Waals surface area contributed by atoms with Crippen molar-refractivity contribution in [2.24, 2.45) is 0 Å². The standard InChI is InChI=1S/C14H20N2O5S/c1-20-11-6-10(7-12(8-11)21-2)15-14(17)16-5-4-13(9-16)22(3,18)19/h6-8,13H,4-5,9H2,1-3H3,(H,15,17). The average molecular weight is 328 g/mol. The summed E-state index contributed by atoms with van der Waals surface area (Å²) in [7, 11) is -0.0742. The maximum absolute atomic E-state index is 12.2. The van der Waals surface area contributed by atoms with Crippen molar-refractivity contribution >= 4 is 21.6 Å². The molecule has 122 valence electrons. The minimum Gasteiger partial charge on any atom is -0.497 e. The SMILES string of the molecule is COc1cc(NC(=O)N2CCC(S(C)(=O)=O)C2)cc(OC)c1. The smallest absolute Gasteiger partial charge is 0.321 e. The van der Waals surface area contributed by atoms with E-state index in [1.54, 1.807) is 18.2 Å². The van der Waals surface area contributed by atoms with E-state index < -0.39 is 15.1 Å². The molecule has 0 spiro atoms. The van der Waals surface area contributed by atoms with Gasteiger partial charge in [-0.3, -0.25) is 0 Å². The number of nitrogens with one attached hydrogen (secondary N) is 1. The van der Waals surface area contributed by atoms with Crippen LogP contribution in [0.15, 0.2) is 18.2 Å². The topological polar surface area (TPSA) is 84.9 Å². The Morgan fingerprint density at radius 2 is 1.82 bits per heavy atom. The van der Waals surface area contributed by atoms with E-state index >= 15 is 0 Å². The van der Waals surface area contributed by atoms with Gasteiger partial charge in [0.2, 0.25) is 0 Å². The maximum Gasteiger partial charge on any atom is 0.321 e. The number of methoxy groups -OCH3 is 2. The van der Waals surface area contributed by atoms with Crippen molar-refractivity contribution in [2.45, 2.75) is 11.7 Å². The van der Waals surface area contributed by atoms with Crippen molar-refractivity contribution < 1.29 is 22.7 Å². The molecule has 0 aromatic heterocycles. The molecule has 7 nitrogen and oxygen atoms in total. The van der Waals surface area contributed by atoms with Crippen LogP contribution in [0.25, 0.3) is 0 Å². The first-order chi connectivity index (χ1) is 10.3. The van der Waals surface area contributed by atoms with Gasteiger partial charge in [-0.15, -0.1) is 0 Å². The largest absolute Gasteiger partial charge is 0.497 e. The van der Waals surface area contributed by atoms with Crippen LogP contribution in [0.4, 0.5) is 10.5 Å². The molecular weight excluding hydrogens is 308 g/mol. The van der Waals surface area contributed by atoms with Gasteiger partial charge in [-0.1, -0.05) is 0 Å². The molecule has 1 aliphatic rings. The number of carbonyl (C=O) groups excluding carboxylic acids is 1. The Labute approximate surface area is 130 Å². The Bertz CT molecular complexity index is 637. The highest BCUT2D eigenvalue weighted by Gasteiger charge is 2.32. The highest BCUT2D eigenvalue weighted by Crippen LogP contribution is 2.26. The molecule has 8 heteroatoms. The number of amides is 2. The van der Waals surface area contributed by atoms with Crippen LogP contribution in [0.3, 0.4) is 0 Å². The van der Waals surface area contributed by atoms with Gasteiger partial charge >= 0.3 is 6.03 Å². The monoisotopic (exact) mass is 328 g/mol. The lowest BCUT2D eigenvalue weighted by atomic mass is 10.3. The molecule has 1 aromatic carbocycles. The summed E-state index contributed by atoms with van der Waals surface area (Å²) in [6.45, 7) is 0.635. The lowest BCUT2D eigenvalue weighted by Crippen LogP contribution is -2.34. The predicted octanol–water partition coefficient (Wildman–Crippen LogP) is 1.35. The molecule has 1 N–H and O–H groups in total. The highest BCUT2D eigenvalue weighted by atomic mass is 32.2. The molecule has 0 saturated carbocycles. The van der Waals surface area contributed by atoms with E-state index in [0.717, 1.165) is 0 Å². The molecule has 0 radical (unpaired) electrons. The Kier molecular flexibility index (Phi) is 4.80. The highest BCUT2D eigenvalue weighted by molar-refractivity contribution is 7.91. The van der Waals surface area contributed by atoms with Crippen molar-refractivity contribution in [3.05, 3.63) is 18.2 Å². The summed E-state index contributed by atoms with van der Waals surface area (Å²) < 4.78 is 33.4. The van der Waals surface area contributed by atoms with E-state index in [4.69, 9.17) is 9.47 Å². The van der Waals surface area contributed by atoms with E-state index in [-0.39, 0.29) is 12.6 Å². The lowest BCUT2D eigenvalue weighted by Gasteiger charge is -2.17. The summed E-state index contributed by atoms with van der Waals surface area (Å²) in [5.41, 5.74) is 0.531. The van der Waals surface area contributed by atoms with Gasteiger partial charge in [0.05, 0.1) is 19.5 Å². The third-order valence-corrected chi connectivity index (χ3v) is 5.24. The number of urea groups is 1. The molecule has 22 heavy (non-hydrogen) atoms. The van der Waals surface area contributed by atoms with Gasteiger partial charge in [0.25, 0.3) is 0 Å². The van der Waals surface area contributed by atoms with Crippen molar-refractivity contribution in [3.8, 4) is 11.5 Å². The molecule has 0 aliphatic carbocycles. The zero-order valence-electron chi connectivity index (χ0n) is 12.8. The number of benzene rings is 1. The fourth-order valence-corrected chi connectivity index (χ4v) is 3.33. The number of hydrogen-bond donors (Lipinski definition) is 1. The second-order valence-corrected chi connectivity index (χ2v) is 7.54. The fraction of sp³-hybridized carbons (Fsp3) is 0.500. The Morgan fingerprint density at radius 1 is 1.23 bits per heavy atom. The third-order valence-electron chi connectivity index (χ3n) is 3.64.